The Kier molecular flexibility index (Phi) is 6.65. The summed E-state index contributed by atoms with van der Waals surface area (Å²) in [7, 11) is 1.67. The lowest BCUT2D eigenvalue weighted by Gasteiger charge is -2.31. The highest BCUT2D eigenvalue weighted by atomic mass is 35.5. The number of amides is 1. The Labute approximate surface area is 185 Å². The predicted molar refractivity (Wildman–Crippen MR) is 119 cm³/mol. The number of hydrogen-bond acceptors (Lipinski definition) is 5. The third-order valence-electron chi connectivity index (χ3n) is 5.46. The zero-order chi connectivity index (χ0) is 20.9. The molecular weight excluding hydrogens is 418 g/mol. The van der Waals surface area contributed by atoms with Crippen molar-refractivity contribution in [3.63, 3.8) is 0 Å². The van der Waals surface area contributed by atoms with Gasteiger partial charge in [0.2, 0.25) is 5.91 Å². The maximum Gasteiger partial charge on any atom is 0.226 e. The first-order valence-corrected chi connectivity index (χ1v) is 11.3. The number of halogens is 1. The van der Waals surface area contributed by atoms with E-state index in [1.807, 2.05) is 41.3 Å². The van der Waals surface area contributed by atoms with Crippen LogP contribution in [-0.4, -0.2) is 41.2 Å². The van der Waals surface area contributed by atoms with Crippen LogP contribution in [-0.2, 0) is 17.6 Å². The summed E-state index contributed by atoms with van der Waals surface area (Å²) in [5.41, 5.74) is 2.19. The zero-order valence-electron chi connectivity index (χ0n) is 16.9. The minimum absolute atomic E-state index is 0.174. The smallest absolute Gasteiger partial charge is 0.226 e. The van der Waals surface area contributed by atoms with E-state index in [0.717, 1.165) is 53.7 Å². The van der Waals surface area contributed by atoms with Crippen LogP contribution in [0.3, 0.4) is 0 Å². The van der Waals surface area contributed by atoms with Crippen LogP contribution in [0, 0.1) is 0 Å². The number of carbonyl (C=O) groups is 1. The number of carbonyl (C=O) groups excluding carboxylic acids is 1. The fourth-order valence-corrected chi connectivity index (χ4v) is 4.86. The van der Waals surface area contributed by atoms with Gasteiger partial charge in [0.05, 0.1) is 13.5 Å². The van der Waals surface area contributed by atoms with Crippen molar-refractivity contribution in [2.75, 3.05) is 20.2 Å². The number of methoxy groups -OCH3 is 1. The lowest BCUT2D eigenvalue weighted by atomic mass is 9.97. The van der Waals surface area contributed by atoms with E-state index in [2.05, 4.69) is 22.3 Å². The lowest BCUT2D eigenvalue weighted by molar-refractivity contribution is -0.131. The summed E-state index contributed by atoms with van der Waals surface area (Å²) in [6.07, 6.45) is 3.07. The highest BCUT2D eigenvalue weighted by molar-refractivity contribution is 7.11. The average Bonchev–Trinajstić information content (AvgIpc) is 3.24. The molecule has 0 aliphatic carbocycles. The van der Waals surface area contributed by atoms with Crippen LogP contribution < -0.4 is 4.74 Å². The van der Waals surface area contributed by atoms with Crippen molar-refractivity contribution in [2.24, 2.45) is 0 Å². The average molecular weight is 442 g/mol. The van der Waals surface area contributed by atoms with E-state index in [1.54, 1.807) is 18.4 Å². The van der Waals surface area contributed by atoms with E-state index in [4.69, 9.17) is 16.3 Å². The van der Waals surface area contributed by atoms with Crippen molar-refractivity contribution in [2.45, 2.75) is 31.6 Å². The Morgan fingerprint density at radius 1 is 1.07 bits per heavy atom. The van der Waals surface area contributed by atoms with E-state index < -0.39 is 0 Å². The minimum atomic E-state index is 0.174. The summed E-state index contributed by atoms with van der Waals surface area (Å²) in [5, 5.41) is 11.6. The van der Waals surface area contributed by atoms with Gasteiger partial charge in [-0.1, -0.05) is 35.9 Å². The number of nitrogens with zero attached hydrogens (tertiary/aromatic N) is 3. The fraction of sp³-hybridized carbons (Fsp3) is 0.348. The van der Waals surface area contributed by atoms with Gasteiger partial charge in [-0.2, -0.15) is 0 Å². The molecule has 1 aliphatic heterocycles. The Morgan fingerprint density at radius 2 is 1.73 bits per heavy atom. The molecule has 0 unspecified atom stereocenters. The van der Waals surface area contributed by atoms with Crippen LogP contribution >= 0.6 is 22.9 Å². The van der Waals surface area contributed by atoms with Gasteiger partial charge >= 0.3 is 0 Å². The molecule has 0 bridgehead atoms. The monoisotopic (exact) mass is 441 g/mol. The predicted octanol–water partition coefficient (Wildman–Crippen LogP) is 4.74. The molecule has 0 radical (unpaired) electrons. The molecule has 4 rings (SSSR count). The molecule has 30 heavy (non-hydrogen) atoms. The van der Waals surface area contributed by atoms with Gasteiger partial charge in [0.1, 0.15) is 15.8 Å². The summed E-state index contributed by atoms with van der Waals surface area (Å²) in [6.45, 7) is 1.54. The van der Waals surface area contributed by atoms with Gasteiger partial charge in [0.25, 0.3) is 0 Å². The highest BCUT2D eigenvalue weighted by Crippen LogP contribution is 2.31. The number of aromatic nitrogens is 2. The van der Waals surface area contributed by atoms with E-state index in [1.165, 1.54) is 5.56 Å². The molecule has 5 nitrogen and oxygen atoms in total. The maximum absolute atomic E-state index is 12.6. The van der Waals surface area contributed by atoms with Gasteiger partial charge in [0.15, 0.2) is 0 Å². The summed E-state index contributed by atoms with van der Waals surface area (Å²) >= 11 is 7.61. The summed E-state index contributed by atoms with van der Waals surface area (Å²) in [5.74, 6) is 1.41. The van der Waals surface area contributed by atoms with Gasteiger partial charge < -0.3 is 9.64 Å². The van der Waals surface area contributed by atoms with Gasteiger partial charge in [-0.05, 0) is 48.2 Å². The van der Waals surface area contributed by atoms with Crippen LogP contribution in [0.2, 0.25) is 5.02 Å². The number of rotatable bonds is 6. The largest absolute Gasteiger partial charge is 0.497 e. The summed E-state index contributed by atoms with van der Waals surface area (Å²) in [4.78, 5) is 14.6. The van der Waals surface area contributed by atoms with Crippen molar-refractivity contribution in [3.8, 4) is 5.75 Å². The van der Waals surface area contributed by atoms with E-state index in [0.29, 0.717) is 17.4 Å². The van der Waals surface area contributed by atoms with Crippen molar-refractivity contribution in [1.29, 1.82) is 0 Å². The molecular formula is C23H24ClN3O2S. The van der Waals surface area contributed by atoms with Crippen molar-refractivity contribution < 1.29 is 9.53 Å². The third kappa shape index (κ3) is 5.18. The molecule has 1 aliphatic rings. The van der Waals surface area contributed by atoms with E-state index >= 15 is 0 Å². The van der Waals surface area contributed by atoms with Crippen LogP contribution in [0.1, 0.15) is 39.9 Å². The maximum atomic E-state index is 12.6. The molecule has 0 spiro atoms. The molecule has 0 saturated carbocycles. The second-order valence-corrected chi connectivity index (χ2v) is 9.05. The molecule has 1 amide bonds. The number of benzene rings is 2. The quantitative estimate of drug-likeness (QED) is 0.554. The van der Waals surface area contributed by atoms with Crippen LogP contribution in [0.25, 0.3) is 0 Å². The van der Waals surface area contributed by atoms with Gasteiger partial charge in [-0.3, -0.25) is 4.79 Å². The number of likely N-dealkylation sites (tertiary alicyclic amines) is 1. The van der Waals surface area contributed by atoms with Gasteiger partial charge in [0, 0.05) is 30.5 Å². The SMILES string of the molecule is COc1ccc(Cc2nnc(C3CCN(C(=O)Cc4ccc(Cl)cc4)CC3)s2)cc1. The van der Waals surface area contributed by atoms with E-state index in [9.17, 15) is 4.79 Å². The first-order valence-electron chi connectivity index (χ1n) is 10.1. The molecule has 1 saturated heterocycles. The fourth-order valence-electron chi connectivity index (χ4n) is 3.69. The second kappa shape index (κ2) is 9.58. The number of piperidine rings is 1. The van der Waals surface area contributed by atoms with Crippen molar-refractivity contribution in [3.05, 3.63) is 74.7 Å². The molecule has 1 aromatic heterocycles. The Morgan fingerprint density at radius 3 is 2.40 bits per heavy atom. The summed E-state index contributed by atoms with van der Waals surface area (Å²) in [6, 6.07) is 15.5. The number of hydrogen-bond donors (Lipinski definition) is 0. The molecule has 2 aromatic carbocycles. The first-order chi connectivity index (χ1) is 14.6. The first kappa shape index (κ1) is 20.8. The van der Waals surface area contributed by atoms with Crippen LogP contribution in [0.15, 0.2) is 48.5 Å². The normalized spacial score (nSPS) is 14.7. The van der Waals surface area contributed by atoms with E-state index in [-0.39, 0.29) is 5.91 Å². The van der Waals surface area contributed by atoms with Crippen LogP contribution in [0.5, 0.6) is 5.75 Å². The number of ether oxygens (including phenoxy) is 1. The molecule has 7 heteroatoms. The minimum Gasteiger partial charge on any atom is -0.497 e. The Hall–Kier alpha value is -2.44. The molecule has 1 fully saturated rings. The van der Waals surface area contributed by atoms with Gasteiger partial charge in [-0.15, -0.1) is 21.5 Å². The zero-order valence-corrected chi connectivity index (χ0v) is 18.5. The molecule has 156 valence electrons. The van der Waals surface area contributed by atoms with Crippen molar-refractivity contribution in [1.82, 2.24) is 15.1 Å². The lowest BCUT2D eigenvalue weighted by Crippen LogP contribution is -2.38. The summed E-state index contributed by atoms with van der Waals surface area (Å²) < 4.78 is 5.21. The third-order valence-corrected chi connectivity index (χ3v) is 6.80. The Bertz CT molecular complexity index is 980. The van der Waals surface area contributed by atoms with Crippen LogP contribution in [0.4, 0.5) is 0 Å². The topological polar surface area (TPSA) is 55.3 Å². The highest BCUT2D eigenvalue weighted by Gasteiger charge is 2.26. The Balaban J connectivity index is 1.29. The molecule has 0 N–H and O–H groups in total. The molecule has 2 heterocycles. The second-order valence-electron chi connectivity index (χ2n) is 7.52. The molecule has 3 aromatic rings. The van der Waals surface area contributed by atoms with Crippen molar-refractivity contribution >= 4 is 28.8 Å². The standard InChI is InChI=1S/C23H24ClN3O2S/c1-29-20-8-4-16(5-9-20)14-21-25-26-23(30-21)18-10-12-27(13-11-18)22(28)15-17-2-6-19(24)7-3-17/h2-9,18H,10-15H2,1H3. The molecule has 0 atom stereocenters. The van der Waals surface area contributed by atoms with Gasteiger partial charge in [-0.25, -0.2) is 0 Å².